The Morgan fingerprint density at radius 2 is 2.07 bits per heavy atom. The van der Waals surface area contributed by atoms with Gasteiger partial charge < -0.3 is 4.74 Å². The lowest BCUT2D eigenvalue weighted by molar-refractivity contribution is 0.0962. The van der Waals surface area contributed by atoms with Crippen molar-refractivity contribution in [2.24, 2.45) is 0 Å². The number of amides is 1. The number of benzene rings is 1. The number of fused-ring (bicyclic) bond motifs is 3. The molecule has 1 aliphatic carbocycles. The number of unbranched alkanes of at least 4 members (excludes halogenated alkanes) is 1. The van der Waals surface area contributed by atoms with Gasteiger partial charge in [0.05, 0.1) is 12.0 Å². The highest BCUT2D eigenvalue weighted by molar-refractivity contribution is 7.98. The molecule has 0 bridgehead atoms. The maximum absolute atomic E-state index is 12.6. The number of hydrogen-bond donors (Lipinski definition) is 2. The second kappa shape index (κ2) is 9.00. The number of ether oxygens (including phenoxy) is 1. The summed E-state index contributed by atoms with van der Waals surface area (Å²) in [6.45, 7) is 2.82. The Hall–Kier alpha value is -2.32. The van der Waals surface area contributed by atoms with Crippen molar-refractivity contribution in [2.75, 3.05) is 18.3 Å². The Labute approximate surface area is 178 Å². The third kappa shape index (κ3) is 4.33. The standard InChI is InChI=1S/C21H24N4O2S2/c1-3-4-12-27-14-10-8-13(9-11-14)19(26)25-24-18-17-15-6-5-7-16(15)29-20(17)23-21(22-18)28-2/h8-11H,3-7,12H2,1-2H3,(H,25,26)(H,22,23,24). The summed E-state index contributed by atoms with van der Waals surface area (Å²) < 4.78 is 5.65. The van der Waals surface area contributed by atoms with Gasteiger partial charge in [0.2, 0.25) is 0 Å². The van der Waals surface area contributed by atoms with Gasteiger partial charge in [-0.3, -0.25) is 15.6 Å². The molecule has 0 saturated heterocycles. The van der Waals surface area contributed by atoms with Crippen LogP contribution in [0.25, 0.3) is 10.2 Å². The summed E-state index contributed by atoms with van der Waals surface area (Å²) in [5.41, 5.74) is 7.71. The number of nitrogens with one attached hydrogen (secondary N) is 2. The molecule has 2 heterocycles. The molecule has 1 aromatic carbocycles. The lowest BCUT2D eigenvalue weighted by atomic mass is 10.2. The zero-order valence-electron chi connectivity index (χ0n) is 16.6. The largest absolute Gasteiger partial charge is 0.494 e. The van der Waals surface area contributed by atoms with Crippen molar-refractivity contribution in [1.82, 2.24) is 15.4 Å². The van der Waals surface area contributed by atoms with Crippen molar-refractivity contribution in [2.45, 2.75) is 44.2 Å². The van der Waals surface area contributed by atoms with E-state index in [9.17, 15) is 4.79 Å². The van der Waals surface area contributed by atoms with E-state index in [2.05, 4.69) is 27.7 Å². The van der Waals surface area contributed by atoms with Crippen LogP contribution in [0.4, 0.5) is 5.82 Å². The molecule has 1 aliphatic rings. The van der Waals surface area contributed by atoms with Gasteiger partial charge >= 0.3 is 0 Å². The van der Waals surface area contributed by atoms with Gasteiger partial charge in [-0.05, 0) is 61.8 Å². The minimum absolute atomic E-state index is 0.213. The maximum atomic E-state index is 12.6. The first-order valence-corrected chi connectivity index (χ1v) is 11.9. The molecule has 0 unspecified atom stereocenters. The minimum Gasteiger partial charge on any atom is -0.494 e. The molecule has 152 valence electrons. The van der Waals surface area contributed by atoms with Gasteiger partial charge in [0.25, 0.3) is 5.91 Å². The van der Waals surface area contributed by atoms with E-state index in [-0.39, 0.29) is 5.91 Å². The topological polar surface area (TPSA) is 76.1 Å². The fourth-order valence-electron chi connectivity index (χ4n) is 3.38. The van der Waals surface area contributed by atoms with Gasteiger partial charge in [0.1, 0.15) is 10.6 Å². The molecule has 29 heavy (non-hydrogen) atoms. The number of thiophene rings is 1. The van der Waals surface area contributed by atoms with Crippen LogP contribution in [0.2, 0.25) is 0 Å². The van der Waals surface area contributed by atoms with Crippen LogP contribution in [0.5, 0.6) is 5.75 Å². The number of aromatic nitrogens is 2. The molecular weight excluding hydrogens is 404 g/mol. The third-order valence-corrected chi connectivity index (χ3v) is 6.64. The number of nitrogens with zero attached hydrogens (tertiary/aromatic N) is 2. The second-order valence-electron chi connectivity index (χ2n) is 6.90. The van der Waals surface area contributed by atoms with E-state index in [4.69, 9.17) is 4.74 Å². The Morgan fingerprint density at radius 1 is 1.24 bits per heavy atom. The molecule has 0 aliphatic heterocycles. The van der Waals surface area contributed by atoms with E-state index in [1.165, 1.54) is 28.6 Å². The molecular formula is C21H24N4O2S2. The lowest BCUT2D eigenvalue weighted by Gasteiger charge is -2.11. The van der Waals surface area contributed by atoms with E-state index in [0.29, 0.717) is 23.1 Å². The zero-order chi connectivity index (χ0) is 20.2. The fraction of sp³-hybridized carbons (Fsp3) is 0.381. The van der Waals surface area contributed by atoms with Gasteiger partial charge in [-0.2, -0.15) is 0 Å². The Morgan fingerprint density at radius 3 is 2.83 bits per heavy atom. The Kier molecular flexibility index (Phi) is 6.20. The summed E-state index contributed by atoms with van der Waals surface area (Å²) in [5.74, 6) is 1.24. The van der Waals surface area contributed by atoms with Crippen LogP contribution in [-0.2, 0) is 12.8 Å². The van der Waals surface area contributed by atoms with Crippen LogP contribution >= 0.6 is 23.1 Å². The second-order valence-corrected chi connectivity index (χ2v) is 8.76. The highest BCUT2D eigenvalue weighted by atomic mass is 32.2. The minimum atomic E-state index is -0.213. The molecule has 8 heteroatoms. The van der Waals surface area contributed by atoms with Crippen LogP contribution in [0.15, 0.2) is 29.4 Å². The molecule has 0 atom stereocenters. The van der Waals surface area contributed by atoms with Crippen molar-refractivity contribution in [3.05, 3.63) is 40.3 Å². The zero-order valence-corrected chi connectivity index (χ0v) is 18.2. The fourth-order valence-corrected chi connectivity index (χ4v) is 5.07. The molecule has 2 aromatic heterocycles. The predicted molar refractivity (Wildman–Crippen MR) is 119 cm³/mol. The molecule has 4 rings (SSSR count). The predicted octanol–water partition coefficient (Wildman–Crippen LogP) is 4.84. The number of thioether (sulfide) groups is 1. The smallest absolute Gasteiger partial charge is 0.269 e. The third-order valence-electron chi connectivity index (χ3n) is 4.90. The molecule has 2 N–H and O–H groups in total. The van der Waals surface area contributed by atoms with Gasteiger partial charge in [0, 0.05) is 10.4 Å². The van der Waals surface area contributed by atoms with Gasteiger partial charge in [-0.15, -0.1) is 11.3 Å². The van der Waals surface area contributed by atoms with Crippen molar-refractivity contribution < 1.29 is 9.53 Å². The molecule has 0 saturated carbocycles. The molecule has 0 spiro atoms. The maximum Gasteiger partial charge on any atom is 0.269 e. The van der Waals surface area contributed by atoms with Crippen LogP contribution in [0.1, 0.15) is 47.0 Å². The summed E-state index contributed by atoms with van der Waals surface area (Å²) in [5, 5.41) is 1.74. The molecule has 0 fully saturated rings. The van der Waals surface area contributed by atoms with Crippen LogP contribution < -0.4 is 15.6 Å². The number of carbonyl (C=O) groups excluding carboxylic acids is 1. The molecule has 0 radical (unpaired) electrons. The Bertz CT molecular complexity index is 1020. The average molecular weight is 429 g/mol. The van der Waals surface area contributed by atoms with Crippen molar-refractivity contribution in [3.8, 4) is 5.75 Å². The summed E-state index contributed by atoms with van der Waals surface area (Å²) in [7, 11) is 0. The lowest BCUT2D eigenvalue weighted by Crippen LogP contribution is -2.30. The monoisotopic (exact) mass is 428 g/mol. The van der Waals surface area contributed by atoms with E-state index in [1.807, 2.05) is 18.4 Å². The van der Waals surface area contributed by atoms with Crippen LogP contribution in [0, 0.1) is 0 Å². The first kappa shape index (κ1) is 20.0. The molecule has 1 amide bonds. The average Bonchev–Trinajstić information content (AvgIpc) is 3.33. The van der Waals surface area contributed by atoms with Crippen molar-refractivity contribution in [1.29, 1.82) is 0 Å². The highest BCUT2D eigenvalue weighted by Crippen LogP contribution is 2.40. The number of anilines is 1. The molecule has 3 aromatic rings. The highest BCUT2D eigenvalue weighted by Gasteiger charge is 2.22. The van der Waals surface area contributed by atoms with E-state index >= 15 is 0 Å². The van der Waals surface area contributed by atoms with Gasteiger partial charge in [-0.1, -0.05) is 25.1 Å². The summed E-state index contributed by atoms with van der Waals surface area (Å²) >= 11 is 3.24. The Balaban J connectivity index is 1.48. The van der Waals surface area contributed by atoms with Crippen molar-refractivity contribution >= 4 is 45.0 Å². The van der Waals surface area contributed by atoms with E-state index in [0.717, 1.165) is 41.6 Å². The molecule has 6 nitrogen and oxygen atoms in total. The number of hydrogen-bond acceptors (Lipinski definition) is 7. The van der Waals surface area contributed by atoms with Crippen LogP contribution in [0.3, 0.4) is 0 Å². The first-order chi connectivity index (χ1) is 14.2. The number of aryl methyl sites for hydroxylation is 2. The summed E-state index contributed by atoms with van der Waals surface area (Å²) in [4.78, 5) is 24.2. The first-order valence-electron chi connectivity index (χ1n) is 9.85. The van der Waals surface area contributed by atoms with Gasteiger partial charge in [0.15, 0.2) is 11.0 Å². The van der Waals surface area contributed by atoms with E-state index < -0.39 is 0 Å². The normalized spacial score (nSPS) is 12.8. The summed E-state index contributed by atoms with van der Waals surface area (Å²) in [6.07, 6.45) is 7.37. The van der Waals surface area contributed by atoms with E-state index in [1.54, 1.807) is 23.5 Å². The number of carbonyl (C=O) groups is 1. The SMILES string of the molecule is CCCCOc1ccc(C(=O)NNc2nc(SC)nc3sc4c(c23)CCC4)cc1. The quantitative estimate of drug-likeness (QED) is 0.231. The van der Waals surface area contributed by atoms with Crippen molar-refractivity contribution in [3.63, 3.8) is 0 Å². The van der Waals surface area contributed by atoms with Crippen LogP contribution in [-0.4, -0.2) is 28.7 Å². The summed E-state index contributed by atoms with van der Waals surface area (Å²) in [6, 6.07) is 7.18. The van der Waals surface area contributed by atoms with Gasteiger partial charge in [-0.25, -0.2) is 9.97 Å². The number of rotatable bonds is 8. The number of hydrazine groups is 1.